The molecular weight excluding hydrogens is 504 g/mol. The van der Waals surface area contributed by atoms with Gasteiger partial charge in [-0.05, 0) is 18.0 Å². The van der Waals surface area contributed by atoms with Crippen LogP contribution in [0.2, 0.25) is 6.04 Å². The van der Waals surface area contributed by atoms with Gasteiger partial charge in [0.15, 0.2) is 0 Å². The van der Waals surface area contributed by atoms with Gasteiger partial charge in [-0.3, -0.25) is 0 Å². The maximum atomic E-state index is 6.15. The molecule has 0 saturated carbocycles. The summed E-state index contributed by atoms with van der Waals surface area (Å²) >= 11 is 11.0. The quantitative estimate of drug-likeness (QED) is 0.227. The molecular formula is C17H19Br3O2Si. The van der Waals surface area contributed by atoms with Gasteiger partial charge in [-0.25, -0.2) is 0 Å². The molecule has 0 radical (unpaired) electrons. The topological polar surface area (TPSA) is 18.5 Å². The predicted octanol–water partition coefficient (Wildman–Crippen LogP) is 6.39. The van der Waals surface area contributed by atoms with Crippen molar-refractivity contribution in [3.8, 4) is 16.9 Å². The van der Waals surface area contributed by atoms with Gasteiger partial charge in [0.25, 0.3) is 3.93 Å². The highest BCUT2D eigenvalue weighted by molar-refractivity contribution is 9.72. The molecule has 0 saturated heterocycles. The predicted molar refractivity (Wildman–Crippen MR) is 110 cm³/mol. The van der Waals surface area contributed by atoms with E-state index in [0.29, 0.717) is 13.2 Å². The van der Waals surface area contributed by atoms with E-state index in [1.165, 1.54) is 0 Å². The Bertz CT molecular complexity index is 615. The van der Waals surface area contributed by atoms with Crippen LogP contribution in [0.1, 0.15) is 12.0 Å². The van der Waals surface area contributed by atoms with Crippen LogP contribution in [-0.4, -0.2) is 17.6 Å². The fourth-order valence-electron chi connectivity index (χ4n) is 2.32. The lowest BCUT2D eigenvalue weighted by Gasteiger charge is -2.17. The Kier molecular flexibility index (Phi) is 7.81. The Balaban J connectivity index is 2.20. The van der Waals surface area contributed by atoms with Gasteiger partial charge in [0.1, 0.15) is 5.75 Å². The second kappa shape index (κ2) is 9.37. The molecule has 2 nitrogen and oxygen atoms in total. The molecule has 0 atom stereocenters. The molecule has 0 N–H and O–H groups in total. The zero-order valence-electron chi connectivity index (χ0n) is 12.9. The fourth-order valence-corrected chi connectivity index (χ4v) is 5.38. The second-order valence-corrected chi connectivity index (χ2v) is 28.7. The molecule has 0 fully saturated rings. The minimum atomic E-state index is -1.57. The zero-order valence-corrected chi connectivity index (χ0v) is 18.7. The molecule has 0 aliphatic carbocycles. The molecule has 0 bridgehead atoms. The molecule has 0 heterocycles. The van der Waals surface area contributed by atoms with Gasteiger partial charge in [-0.2, -0.15) is 0 Å². The van der Waals surface area contributed by atoms with Gasteiger partial charge in [0, 0.05) is 18.2 Å². The summed E-state index contributed by atoms with van der Waals surface area (Å²) in [5.41, 5.74) is 3.35. The fraction of sp³-hybridized carbons (Fsp3) is 0.294. The minimum Gasteiger partial charge on any atom is -0.493 e. The Morgan fingerprint density at radius 1 is 0.957 bits per heavy atom. The van der Waals surface area contributed by atoms with E-state index in [2.05, 4.69) is 76.2 Å². The van der Waals surface area contributed by atoms with Gasteiger partial charge in [0.2, 0.25) is 0 Å². The third-order valence-corrected chi connectivity index (χ3v) is 7.82. The number of ether oxygens (including phenoxy) is 2. The Morgan fingerprint density at radius 3 is 2.35 bits per heavy atom. The van der Waals surface area contributed by atoms with E-state index >= 15 is 0 Å². The lowest BCUT2D eigenvalue weighted by Crippen LogP contribution is -2.09. The lowest BCUT2D eigenvalue weighted by molar-refractivity contribution is 0.180. The van der Waals surface area contributed by atoms with E-state index in [9.17, 15) is 0 Å². The summed E-state index contributed by atoms with van der Waals surface area (Å²) in [7, 11) is 1.71. The van der Waals surface area contributed by atoms with Crippen LogP contribution in [0.15, 0.2) is 48.5 Å². The van der Waals surface area contributed by atoms with Crippen LogP contribution in [0.5, 0.6) is 5.75 Å². The summed E-state index contributed by atoms with van der Waals surface area (Å²) < 4.78 is 9.91. The molecule has 124 valence electrons. The molecule has 0 spiro atoms. The van der Waals surface area contributed by atoms with Crippen molar-refractivity contribution in [1.29, 1.82) is 0 Å². The van der Waals surface area contributed by atoms with Crippen molar-refractivity contribution < 1.29 is 9.47 Å². The molecule has 6 heteroatoms. The van der Waals surface area contributed by atoms with E-state index in [1.807, 2.05) is 18.2 Å². The lowest BCUT2D eigenvalue weighted by atomic mass is 10.0. The number of methoxy groups -OCH3 is 1. The number of hydrogen-bond donors (Lipinski definition) is 0. The summed E-state index contributed by atoms with van der Waals surface area (Å²) in [6.07, 6.45) is 0.976. The SMILES string of the molecule is COCc1cccc(-c2ccccc2)c1OCCC[Si](Br)(Br)Br. The molecule has 0 unspecified atom stereocenters. The first-order valence-electron chi connectivity index (χ1n) is 7.37. The largest absolute Gasteiger partial charge is 0.493 e. The summed E-state index contributed by atoms with van der Waals surface area (Å²) in [5.74, 6) is 0.923. The van der Waals surface area contributed by atoms with Crippen LogP contribution in [0.4, 0.5) is 0 Å². The summed E-state index contributed by atoms with van der Waals surface area (Å²) in [6.45, 7) is 1.22. The van der Waals surface area contributed by atoms with Crippen molar-refractivity contribution in [2.45, 2.75) is 19.1 Å². The van der Waals surface area contributed by atoms with Gasteiger partial charge in [0.05, 0.1) is 13.2 Å². The monoisotopic (exact) mass is 520 g/mol. The molecule has 2 aromatic rings. The van der Waals surface area contributed by atoms with Gasteiger partial charge in [-0.1, -0.05) is 94.4 Å². The van der Waals surface area contributed by atoms with E-state index in [1.54, 1.807) is 7.11 Å². The molecule has 0 aromatic heterocycles. The third kappa shape index (κ3) is 6.34. The number of para-hydroxylation sites is 1. The third-order valence-electron chi connectivity index (χ3n) is 3.33. The van der Waals surface area contributed by atoms with Crippen molar-refractivity contribution in [3.05, 3.63) is 54.1 Å². The average Bonchev–Trinajstić information content (AvgIpc) is 2.52. The molecule has 23 heavy (non-hydrogen) atoms. The van der Waals surface area contributed by atoms with E-state index < -0.39 is 3.93 Å². The van der Waals surface area contributed by atoms with Crippen molar-refractivity contribution in [3.63, 3.8) is 0 Å². The highest BCUT2D eigenvalue weighted by Gasteiger charge is 2.21. The molecule has 0 aliphatic rings. The molecule has 2 rings (SSSR count). The van der Waals surface area contributed by atoms with Crippen LogP contribution in [-0.2, 0) is 11.3 Å². The number of rotatable bonds is 8. The zero-order chi connectivity index (χ0) is 16.7. The van der Waals surface area contributed by atoms with Gasteiger partial charge < -0.3 is 9.47 Å². The van der Waals surface area contributed by atoms with Gasteiger partial charge in [-0.15, -0.1) is 0 Å². The van der Waals surface area contributed by atoms with Crippen LogP contribution in [0.3, 0.4) is 0 Å². The first-order chi connectivity index (χ1) is 11.0. The van der Waals surface area contributed by atoms with E-state index in [-0.39, 0.29) is 0 Å². The van der Waals surface area contributed by atoms with Crippen molar-refractivity contribution in [1.82, 2.24) is 0 Å². The van der Waals surface area contributed by atoms with Crippen molar-refractivity contribution in [2.75, 3.05) is 13.7 Å². The highest BCUT2D eigenvalue weighted by Crippen LogP contribution is 2.35. The Morgan fingerprint density at radius 2 is 1.70 bits per heavy atom. The van der Waals surface area contributed by atoms with Gasteiger partial charge >= 0.3 is 0 Å². The minimum absolute atomic E-state index is 0.546. The summed E-state index contributed by atoms with van der Waals surface area (Å²) in [6, 6.07) is 17.6. The average molecular weight is 523 g/mol. The van der Waals surface area contributed by atoms with Crippen molar-refractivity contribution in [2.24, 2.45) is 0 Å². The summed E-state index contributed by atoms with van der Waals surface area (Å²) in [4.78, 5) is 0. The summed E-state index contributed by atoms with van der Waals surface area (Å²) in [5, 5.41) is 0. The van der Waals surface area contributed by atoms with Crippen LogP contribution >= 0.6 is 45.9 Å². The number of halogens is 3. The van der Waals surface area contributed by atoms with Crippen molar-refractivity contribution >= 4 is 49.8 Å². The normalized spacial score (nSPS) is 11.5. The standard InChI is InChI=1S/C17H19Br3O2Si/c1-21-13-15-9-5-10-16(14-7-3-2-4-8-14)17(15)22-11-6-12-23(18,19)20/h2-5,7-10H,6,11-13H2,1H3. The first-order valence-corrected chi connectivity index (χ1v) is 16.3. The van der Waals surface area contributed by atoms with Crippen LogP contribution < -0.4 is 4.74 Å². The Hall–Kier alpha value is -0.143. The second-order valence-electron chi connectivity index (χ2n) is 5.16. The highest BCUT2D eigenvalue weighted by atomic mass is 80.0. The van der Waals surface area contributed by atoms with E-state index in [0.717, 1.165) is 34.9 Å². The van der Waals surface area contributed by atoms with E-state index in [4.69, 9.17) is 9.47 Å². The van der Waals surface area contributed by atoms with Crippen LogP contribution in [0.25, 0.3) is 11.1 Å². The maximum absolute atomic E-state index is 6.15. The number of hydrogen-bond acceptors (Lipinski definition) is 2. The molecule has 0 aliphatic heterocycles. The molecule has 0 amide bonds. The number of benzene rings is 2. The maximum Gasteiger partial charge on any atom is 0.267 e. The van der Waals surface area contributed by atoms with Crippen LogP contribution in [0, 0.1) is 0 Å². The Labute approximate surface area is 162 Å². The first kappa shape index (κ1) is 19.2. The molecule has 2 aromatic carbocycles. The smallest absolute Gasteiger partial charge is 0.267 e.